The summed E-state index contributed by atoms with van der Waals surface area (Å²) in [7, 11) is 5.76. The van der Waals surface area contributed by atoms with Gasteiger partial charge in [-0.2, -0.15) is 0 Å². The zero-order valence-corrected chi connectivity index (χ0v) is 50.9. The number of hydrogen-bond acceptors (Lipinski definition) is 16. The zero-order valence-electron chi connectivity index (χ0n) is 50.2. The second-order valence-corrected chi connectivity index (χ2v) is 23.0. The summed E-state index contributed by atoms with van der Waals surface area (Å²) < 4.78 is 29.5. The van der Waals surface area contributed by atoms with Gasteiger partial charge in [0.2, 0.25) is 23.6 Å². The maximum absolute atomic E-state index is 14.5. The first kappa shape index (κ1) is 67.3. The molecular weight excluding hydrogens is 1140 g/mol. The minimum Gasteiger partial charge on any atom is -0.495 e. The van der Waals surface area contributed by atoms with Gasteiger partial charge in [-0.1, -0.05) is 62.6 Å². The third-order valence-corrected chi connectivity index (χ3v) is 16.3. The summed E-state index contributed by atoms with van der Waals surface area (Å²) in [4.78, 5) is 135. The molecule has 0 saturated carbocycles. The van der Waals surface area contributed by atoms with Crippen molar-refractivity contribution in [1.82, 2.24) is 31.1 Å². The number of alkyl carbamates (subject to hydrolysis) is 1. The summed E-state index contributed by atoms with van der Waals surface area (Å²) in [6.45, 7) is 10.5. The van der Waals surface area contributed by atoms with Crippen LogP contribution in [-0.2, 0) is 58.9 Å². The van der Waals surface area contributed by atoms with Crippen LogP contribution in [-0.4, -0.2) is 170 Å². The van der Waals surface area contributed by atoms with Crippen LogP contribution in [0.15, 0.2) is 72.4 Å². The Hall–Kier alpha value is -7.87. The fourth-order valence-electron chi connectivity index (χ4n) is 10.5. The lowest BCUT2D eigenvalue weighted by molar-refractivity contribution is -0.158. The molecule has 2 fully saturated rings. The van der Waals surface area contributed by atoms with Crippen molar-refractivity contribution in [3.05, 3.63) is 88.5 Å². The number of halogens is 1. The second-order valence-electron chi connectivity index (χ2n) is 22.6. The number of rotatable bonds is 22. The van der Waals surface area contributed by atoms with Crippen LogP contribution in [0.5, 0.6) is 5.75 Å². The second kappa shape index (κ2) is 29.5. The molecule has 4 bridgehead atoms. The number of esters is 1. The number of imide groups is 1. The van der Waals surface area contributed by atoms with Crippen molar-refractivity contribution < 1.29 is 76.7 Å². The average molecular weight is 1220 g/mol. The Kier molecular flexibility index (Phi) is 23.1. The lowest BCUT2D eigenvalue weighted by atomic mass is 9.83. The summed E-state index contributed by atoms with van der Waals surface area (Å²) in [5.41, 5.74) is 4.22. The Morgan fingerprint density at radius 3 is 2.29 bits per heavy atom. The number of anilines is 2. The maximum atomic E-state index is 14.5. The Labute approximate surface area is 505 Å². The van der Waals surface area contributed by atoms with Crippen molar-refractivity contribution in [2.24, 2.45) is 17.6 Å². The molecule has 6 rings (SSSR count). The van der Waals surface area contributed by atoms with E-state index in [9.17, 15) is 53.1 Å². The molecule has 10 atom stereocenters. The number of hydrogen-bond donors (Lipinski definition) is 7. The zero-order chi connectivity index (χ0) is 63.4. The first-order valence-corrected chi connectivity index (χ1v) is 28.9. The molecule has 0 unspecified atom stereocenters. The van der Waals surface area contributed by atoms with E-state index in [1.165, 1.54) is 76.6 Å². The summed E-state index contributed by atoms with van der Waals surface area (Å²) >= 11 is 6.84. The number of allylic oxidation sites excluding steroid dienone is 3. The van der Waals surface area contributed by atoms with Gasteiger partial charge in [0.05, 0.1) is 25.3 Å². The topological polar surface area (TPSA) is 336 Å². The number of carbonyl (C=O) groups is 10. The fourth-order valence-corrected chi connectivity index (χ4v) is 10.8. The number of ether oxygens (including phenoxy) is 5. The number of primary amides is 1. The Bertz CT molecular complexity index is 2970. The molecule has 2 aromatic rings. The molecule has 0 aromatic heterocycles. The van der Waals surface area contributed by atoms with E-state index in [0.717, 1.165) is 20.9 Å². The van der Waals surface area contributed by atoms with Crippen molar-refractivity contribution in [3.8, 4) is 5.75 Å². The Morgan fingerprint density at radius 2 is 1.65 bits per heavy atom. The largest absolute Gasteiger partial charge is 0.495 e. The molecule has 86 heavy (non-hydrogen) atoms. The molecule has 4 aliphatic heterocycles. The number of fused-ring (bicyclic) bond motifs is 5. The van der Waals surface area contributed by atoms with E-state index in [4.69, 9.17) is 41.0 Å². The molecule has 0 radical (unpaired) electrons. The normalized spacial score (nSPS) is 25.0. The molecule has 0 aliphatic carbocycles. The lowest BCUT2D eigenvalue weighted by Crippen LogP contribution is -2.63. The van der Waals surface area contributed by atoms with E-state index in [-0.39, 0.29) is 66.9 Å². The van der Waals surface area contributed by atoms with E-state index >= 15 is 0 Å². The van der Waals surface area contributed by atoms with Crippen LogP contribution in [0.4, 0.5) is 21.0 Å². The molecular formula is C60H80ClN9O16. The van der Waals surface area contributed by atoms with E-state index in [1.54, 1.807) is 52.0 Å². The van der Waals surface area contributed by atoms with Crippen molar-refractivity contribution in [2.45, 2.75) is 153 Å². The van der Waals surface area contributed by atoms with Gasteiger partial charge in [-0.05, 0) is 101 Å². The monoisotopic (exact) mass is 1220 g/mol. The van der Waals surface area contributed by atoms with Crippen molar-refractivity contribution in [2.75, 3.05) is 51.6 Å². The molecule has 0 spiro atoms. The highest BCUT2D eigenvalue weighted by atomic mass is 35.5. The van der Waals surface area contributed by atoms with Crippen LogP contribution in [0.25, 0.3) is 0 Å². The number of urea groups is 1. The Morgan fingerprint density at radius 1 is 0.965 bits per heavy atom. The van der Waals surface area contributed by atoms with E-state index < -0.39 is 120 Å². The lowest BCUT2D eigenvalue weighted by Gasteiger charge is -2.42. The number of methoxy groups -OCH3 is 2. The van der Waals surface area contributed by atoms with E-state index in [2.05, 4.69) is 26.6 Å². The predicted molar refractivity (Wildman–Crippen MR) is 315 cm³/mol. The number of nitrogens with two attached hydrogens (primary N) is 1. The van der Waals surface area contributed by atoms with Crippen LogP contribution < -0.4 is 42.0 Å². The molecule has 4 aliphatic rings. The number of carbonyl (C=O) groups excluding carboxylic acids is 10. The number of nitrogens with one attached hydrogen (secondary N) is 5. The number of epoxide rings is 1. The molecule has 468 valence electrons. The van der Waals surface area contributed by atoms with Crippen LogP contribution in [0.1, 0.15) is 109 Å². The smallest absolute Gasteiger partial charge is 0.409 e. The van der Waals surface area contributed by atoms with Crippen LogP contribution in [0.2, 0.25) is 5.02 Å². The predicted octanol–water partition coefficient (Wildman–Crippen LogP) is 4.33. The van der Waals surface area contributed by atoms with Gasteiger partial charge in [0.1, 0.15) is 52.8 Å². The fraction of sp³-hybridized carbons (Fsp3) is 0.533. The van der Waals surface area contributed by atoms with E-state index in [0.29, 0.717) is 37.1 Å². The first-order chi connectivity index (χ1) is 40.6. The van der Waals surface area contributed by atoms with Gasteiger partial charge in [0.25, 0.3) is 17.7 Å². The molecule has 2 aromatic carbocycles. The summed E-state index contributed by atoms with van der Waals surface area (Å²) in [5, 5.41) is 25.2. The SMILES string of the molecule is COc1cc2cc(c1Cl)N(C)C(=O)C[C@H](OC(=O)[C@H](C)N(C)C(=O)c1ccc(NC(=O)[C@H](CCCNC(N)=O)NC(=O)[C@@H](NC(=O)CCCCCN3C(=O)C=CC3=O)C(C)C)cc1)[C@]1(C)O[C@H]1[C@H](C)[C@@H]1C[C@@](O)(NC(=O)O1)[C@H](OC)/C=C/C=C(\C)C2. The minimum atomic E-state index is -1.92. The molecule has 4 heterocycles. The van der Waals surface area contributed by atoms with Gasteiger partial charge in [0, 0.05) is 76.5 Å². The van der Waals surface area contributed by atoms with E-state index in [1.807, 2.05) is 13.0 Å². The number of nitrogens with zero attached hydrogens (tertiary/aromatic N) is 3. The molecule has 25 nitrogen and oxygen atoms in total. The van der Waals surface area contributed by atoms with Crippen molar-refractivity contribution in [3.63, 3.8) is 0 Å². The number of aliphatic hydroxyl groups is 1. The van der Waals surface area contributed by atoms with Crippen LogP contribution >= 0.6 is 11.6 Å². The van der Waals surface area contributed by atoms with Crippen molar-refractivity contribution in [1.29, 1.82) is 0 Å². The minimum absolute atomic E-state index is 0.0423. The average Bonchev–Trinajstić information content (AvgIpc) is 1.89. The number of benzene rings is 2. The van der Waals surface area contributed by atoms with Gasteiger partial charge in [-0.3, -0.25) is 43.8 Å². The maximum Gasteiger partial charge on any atom is 0.409 e. The highest BCUT2D eigenvalue weighted by Gasteiger charge is 2.64. The van der Waals surface area contributed by atoms with Gasteiger partial charge >= 0.3 is 18.1 Å². The highest BCUT2D eigenvalue weighted by molar-refractivity contribution is 6.35. The van der Waals surface area contributed by atoms with Gasteiger partial charge < -0.3 is 65.6 Å². The number of unbranched alkanes of at least 4 members (excludes halogenated alkanes) is 2. The van der Waals surface area contributed by atoms with Crippen LogP contribution in [0.3, 0.4) is 0 Å². The summed E-state index contributed by atoms with van der Waals surface area (Å²) in [6, 6.07) is 5.00. The Balaban J connectivity index is 1.14. The van der Waals surface area contributed by atoms with Crippen molar-refractivity contribution >= 4 is 82.4 Å². The number of likely N-dealkylation sites (N-methyl/N-ethyl adjacent to an activating group) is 1. The standard InChI is InChI=1S/C60H80ClN9O16/c1-33(2)51(66-46(71)19-12-11-13-27-70-47(72)24-25-48(70)73)54(76)65-40(17-15-26-63-57(62)79)53(75)64-39-22-20-38(21-23-39)55(77)68(7)36(5)56(78)85-45-31-49(74)69(8)41-29-37(30-42(82-9)50(41)61)28-34(3)16-14-18-44(83-10)60(81)32-43(84-58(80)67-60)35(4)52-59(45,6)86-52/h14,16,18,20-25,29-30,33,35-36,40,43-45,51-52,81H,11-13,15,17,19,26-28,31-32H2,1-10H3,(H,64,75)(H,65,76)(H,66,71)(H,67,80)(H3,62,63,79)/b18-14+,34-16+/t35-,36+,40+,43+,44-,45+,51+,52+,59+,60+/m1/s1. The molecule has 26 heteroatoms. The molecule has 2 saturated heterocycles. The van der Waals surface area contributed by atoms with Gasteiger partial charge in [0.15, 0.2) is 5.72 Å². The van der Waals surface area contributed by atoms with Crippen LogP contribution in [0, 0.1) is 11.8 Å². The third-order valence-electron chi connectivity index (χ3n) is 15.9. The molecule has 8 N–H and O–H groups in total. The number of amides is 10. The van der Waals surface area contributed by atoms with Gasteiger partial charge in [-0.15, -0.1) is 0 Å². The highest BCUT2D eigenvalue weighted by Crippen LogP contribution is 2.49. The molecule has 10 amide bonds. The third kappa shape index (κ3) is 17.0. The first-order valence-electron chi connectivity index (χ1n) is 28.5. The quantitative estimate of drug-likeness (QED) is 0.0373. The summed E-state index contributed by atoms with van der Waals surface area (Å²) in [6.07, 6.45) is 4.22. The van der Waals surface area contributed by atoms with Gasteiger partial charge in [-0.25, -0.2) is 14.4 Å². The summed E-state index contributed by atoms with van der Waals surface area (Å²) in [5.74, 6) is -5.24.